The van der Waals surface area contributed by atoms with Crippen molar-refractivity contribution in [1.29, 1.82) is 0 Å². The molecule has 0 aliphatic heterocycles. The Hall–Kier alpha value is -1.69. The van der Waals surface area contributed by atoms with Gasteiger partial charge in [0.25, 0.3) is 0 Å². The molecule has 22 heavy (non-hydrogen) atoms. The minimum Gasteiger partial charge on any atom is -0.369 e. The number of thioether (sulfide) groups is 1. The zero-order valence-corrected chi connectivity index (χ0v) is 14.4. The highest BCUT2D eigenvalue weighted by atomic mass is 32.2. The Labute approximate surface area is 136 Å². The van der Waals surface area contributed by atoms with Gasteiger partial charge >= 0.3 is 6.03 Å². The Morgan fingerprint density at radius 2 is 1.91 bits per heavy atom. The molecule has 0 saturated heterocycles. The summed E-state index contributed by atoms with van der Waals surface area (Å²) in [6.45, 7) is 8.84. The van der Waals surface area contributed by atoms with Gasteiger partial charge in [0.1, 0.15) is 0 Å². The lowest BCUT2D eigenvalue weighted by molar-refractivity contribution is -0.115. The molecule has 0 bridgehead atoms. The molecule has 6 heteroatoms. The highest BCUT2D eigenvalue weighted by Gasteiger charge is 2.21. The van der Waals surface area contributed by atoms with Crippen LogP contribution < -0.4 is 11.1 Å². The van der Waals surface area contributed by atoms with Crippen LogP contribution in [0.3, 0.4) is 0 Å². The Kier molecular flexibility index (Phi) is 7.24. The summed E-state index contributed by atoms with van der Waals surface area (Å²) in [4.78, 5) is 26.1. The summed E-state index contributed by atoms with van der Waals surface area (Å²) in [6.07, 6.45) is 0. The molecule has 1 atom stereocenters. The Bertz CT molecular complexity index is 520. The number of urea groups is 1. The second kappa shape index (κ2) is 8.68. The van der Waals surface area contributed by atoms with Crippen LogP contribution in [0.15, 0.2) is 29.2 Å². The molecule has 0 radical (unpaired) electrons. The summed E-state index contributed by atoms with van der Waals surface area (Å²) < 4.78 is 0. The van der Waals surface area contributed by atoms with E-state index in [-0.39, 0.29) is 23.7 Å². The molecule has 3 amide bonds. The SMILES string of the molecule is CCN(C(=O)Nc1ccccc1SCC(N)=O)[C@H](C)C(C)C. The summed E-state index contributed by atoms with van der Waals surface area (Å²) in [5.41, 5.74) is 5.88. The van der Waals surface area contributed by atoms with Crippen molar-refractivity contribution in [3.05, 3.63) is 24.3 Å². The van der Waals surface area contributed by atoms with Gasteiger partial charge in [-0.3, -0.25) is 4.79 Å². The number of nitrogens with two attached hydrogens (primary N) is 1. The fraction of sp³-hybridized carbons (Fsp3) is 0.500. The van der Waals surface area contributed by atoms with Gasteiger partial charge in [-0.15, -0.1) is 11.8 Å². The van der Waals surface area contributed by atoms with Crippen molar-refractivity contribution >= 4 is 29.4 Å². The van der Waals surface area contributed by atoms with Crippen LogP contribution in [-0.2, 0) is 4.79 Å². The summed E-state index contributed by atoms with van der Waals surface area (Å²) in [5.74, 6) is 0.187. The first kappa shape index (κ1) is 18.4. The molecule has 1 aromatic carbocycles. The zero-order chi connectivity index (χ0) is 16.7. The number of hydrogen-bond donors (Lipinski definition) is 2. The number of rotatable bonds is 7. The number of hydrogen-bond acceptors (Lipinski definition) is 3. The predicted molar refractivity (Wildman–Crippen MR) is 92.1 cm³/mol. The number of carbonyl (C=O) groups excluding carboxylic acids is 2. The minimum atomic E-state index is -0.380. The second-order valence-corrected chi connectivity index (χ2v) is 6.47. The van der Waals surface area contributed by atoms with Crippen molar-refractivity contribution in [2.24, 2.45) is 11.7 Å². The highest BCUT2D eigenvalue weighted by Crippen LogP contribution is 2.27. The van der Waals surface area contributed by atoms with Gasteiger partial charge in [0.2, 0.25) is 5.91 Å². The van der Waals surface area contributed by atoms with Crippen LogP contribution in [0, 0.1) is 5.92 Å². The highest BCUT2D eigenvalue weighted by molar-refractivity contribution is 8.00. The first-order chi connectivity index (χ1) is 10.4. The summed E-state index contributed by atoms with van der Waals surface area (Å²) >= 11 is 1.32. The predicted octanol–water partition coefficient (Wildman–Crippen LogP) is 3.16. The van der Waals surface area contributed by atoms with E-state index >= 15 is 0 Å². The molecule has 0 saturated carbocycles. The van der Waals surface area contributed by atoms with Crippen LogP contribution in [0.4, 0.5) is 10.5 Å². The summed E-state index contributed by atoms with van der Waals surface area (Å²) in [6, 6.07) is 7.44. The number of benzene rings is 1. The molecular formula is C16H25N3O2S. The Balaban J connectivity index is 2.84. The molecule has 0 aliphatic carbocycles. The summed E-state index contributed by atoms with van der Waals surface area (Å²) in [7, 11) is 0. The molecule has 0 aromatic heterocycles. The van der Waals surface area contributed by atoms with Gasteiger partial charge in [-0.1, -0.05) is 26.0 Å². The number of amides is 3. The summed E-state index contributed by atoms with van der Waals surface area (Å²) in [5, 5.41) is 2.94. The molecule has 0 spiro atoms. The average molecular weight is 323 g/mol. The number of para-hydroxylation sites is 1. The molecule has 0 unspecified atom stereocenters. The van der Waals surface area contributed by atoms with Crippen LogP contribution in [0.1, 0.15) is 27.7 Å². The number of nitrogens with one attached hydrogen (secondary N) is 1. The van der Waals surface area contributed by atoms with Crippen molar-refractivity contribution < 1.29 is 9.59 Å². The van der Waals surface area contributed by atoms with Crippen LogP contribution in [0.2, 0.25) is 0 Å². The number of nitrogens with zero attached hydrogens (tertiary/aromatic N) is 1. The van der Waals surface area contributed by atoms with E-state index in [1.54, 1.807) is 4.90 Å². The average Bonchev–Trinajstić information content (AvgIpc) is 2.46. The third-order valence-corrected chi connectivity index (χ3v) is 4.65. The van der Waals surface area contributed by atoms with E-state index in [4.69, 9.17) is 5.73 Å². The van der Waals surface area contributed by atoms with Gasteiger partial charge in [0.05, 0.1) is 11.4 Å². The standard InChI is InChI=1S/C16H25N3O2S/c1-5-19(12(4)11(2)3)16(21)18-13-8-6-7-9-14(13)22-10-15(17)20/h6-9,11-12H,5,10H2,1-4H3,(H2,17,20)(H,18,21)/t12-/m1/s1. The smallest absolute Gasteiger partial charge is 0.322 e. The largest absolute Gasteiger partial charge is 0.369 e. The normalized spacial score (nSPS) is 12.0. The lowest BCUT2D eigenvalue weighted by Crippen LogP contribution is -2.43. The quantitative estimate of drug-likeness (QED) is 0.757. The van der Waals surface area contributed by atoms with Crippen molar-refractivity contribution in [2.75, 3.05) is 17.6 Å². The number of primary amides is 1. The fourth-order valence-corrected chi connectivity index (χ4v) is 2.76. The topological polar surface area (TPSA) is 75.4 Å². The Morgan fingerprint density at radius 3 is 2.45 bits per heavy atom. The van der Waals surface area contributed by atoms with Crippen molar-refractivity contribution in [3.63, 3.8) is 0 Å². The molecule has 122 valence electrons. The van der Waals surface area contributed by atoms with Crippen LogP contribution in [0.5, 0.6) is 0 Å². The maximum Gasteiger partial charge on any atom is 0.322 e. The third kappa shape index (κ3) is 5.26. The van der Waals surface area contributed by atoms with Gasteiger partial charge in [-0.2, -0.15) is 0 Å². The van der Waals surface area contributed by atoms with E-state index in [9.17, 15) is 9.59 Å². The maximum atomic E-state index is 12.5. The van der Waals surface area contributed by atoms with E-state index in [1.807, 2.05) is 38.1 Å². The molecule has 0 aliphatic rings. The van der Waals surface area contributed by atoms with Crippen molar-refractivity contribution in [1.82, 2.24) is 4.90 Å². The van der Waals surface area contributed by atoms with E-state index in [1.165, 1.54) is 11.8 Å². The minimum absolute atomic E-state index is 0.129. The fourth-order valence-electron chi connectivity index (χ4n) is 2.01. The van der Waals surface area contributed by atoms with Gasteiger partial charge in [-0.25, -0.2) is 4.79 Å². The van der Waals surface area contributed by atoms with Crippen molar-refractivity contribution in [2.45, 2.75) is 38.6 Å². The van der Waals surface area contributed by atoms with Crippen molar-refractivity contribution in [3.8, 4) is 0 Å². The maximum absolute atomic E-state index is 12.5. The molecule has 0 heterocycles. The first-order valence-electron chi connectivity index (χ1n) is 7.44. The van der Waals surface area contributed by atoms with Gasteiger partial charge in [0, 0.05) is 17.5 Å². The van der Waals surface area contributed by atoms with Gasteiger partial charge in [0.15, 0.2) is 0 Å². The van der Waals surface area contributed by atoms with Gasteiger partial charge in [-0.05, 0) is 31.9 Å². The molecule has 1 aromatic rings. The molecule has 1 rings (SSSR count). The Morgan fingerprint density at radius 1 is 1.27 bits per heavy atom. The molecular weight excluding hydrogens is 298 g/mol. The van der Waals surface area contributed by atoms with Crippen LogP contribution >= 0.6 is 11.8 Å². The second-order valence-electron chi connectivity index (χ2n) is 5.45. The third-order valence-electron chi connectivity index (χ3n) is 3.56. The first-order valence-corrected chi connectivity index (χ1v) is 8.43. The number of anilines is 1. The molecule has 3 N–H and O–H groups in total. The lowest BCUT2D eigenvalue weighted by atomic mass is 10.1. The van der Waals surface area contributed by atoms with E-state index in [0.29, 0.717) is 18.2 Å². The monoisotopic (exact) mass is 323 g/mol. The van der Waals surface area contributed by atoms with E-state index in [0.717, 1.165) is 4.90 Å². The van der Waals surface area contributed by atoms with E-state index in [2.05, 4.69) is 19.2 Å². The van der Waals surface area contributed by atoms with Crippen LogP contribution in [-0.4, -0.2) is 35.2 Å². The molecule has 0 fully saturated rings. The van der Waals surface area contributed by atoms with Gasteiger partial charge < -0.3 is 16.0 Å². The van der Waals surface area contributed by atoms with E-state index < -0.39 is 0 Å². The number of carbonyl (C=O) groups is 2. The molecule has 5 nitrogen and oxygen atoms in total. The van der Waals surface area contributed by atoms with Crippen LogP contribution in [0.25, 0.3) is 0 Å². The lowest BCUT2D eigenvalue weighted by Gasteiger charge is -2.31. The zero-order valence-electron chi connectivity index (χ0n) is 13.6.